The van der Waals surface area contributed by atoms with Crippen LogP contribution in [0.15, 0.2) is 18.2 Å². The summed E-state index contributed by atoms with van der Waals surface area (Å²) < 4.78 is 42.4. The molecule has 0 saturated heterocycles. The lowest BCUT2D eigenvalue weighted by Gasteiger charge is -2.55. The van der Waals surface area contributed by atoms with Gasteiger partial charge in [-0.25, -0.2) is 0 Å². The number of hydrogen-bond acceptors (Lipinski definition) is 2. The van der Waals surface area contributed by atoms with Gasteiger partial charge in [-0.1, -0.05) is 19.4 Å². The number of aryl methyl sites for hydroxylation is 1. The number of aromatic nitrogens is 2. The van der Waals surface area contributed by atoms with Gasteiger partial charge in [-0.05, 0) is 74.8 Å². The van der Waals surface area contributed by atoms with Gasteiger partial charge < -0.3 is 5.32 Å². The number of halogens is 3. The molecule has 1 N–H and O–H groups in total. The van der Waals surface area contributed by atoms with Gasteiger partial charge >= 0.3 is 6.18 Å². The van der Waals surface area contributed by atoms with E-state index in [-0.39, 0.29) is 22.7 Å². The Morgan fingerprint density at radius 1 is 1.17 bits per heavy atom. The van der Waals surface area contributed by atoms with Gasteiger partial charge in [-0.2, -0.15) is 18.3 Å². The van der Waals surface area contributed by atoms with E-state index in [1.54, 1.807) is 6.07 Å². The van der Waals surface area contributed by atoms with Crippen LogP contribution in [-0.4, -0.2) is 15.7 Å². The molecule has 162 valence electrons. The molecule has 4 fully saturated rings. The van der Waals surface area contributed by atoms with Crippen molar-refractivity contribution in [3.05, 3.63) is 23.8 Å². The van der Waals surface area contributed by atoms with Crippen LogP contribution in [0.4, 0.5) is 19.0 Å². The van der Waals surface area contributed by atoms with Crippen molar-refractivity contribution in [2.45, 2.75) is 71.0 Å². The Balaban J connectivity index is 1.51. The summed E-state index contributed by atoms with van der Waals surface area (Å²) in [5, 5.41) is 7.81. The second-order valence-corrected chi connectivity index (χ2v) is 9.78. The first-order valence-corrected chi connectivity index (χ1v) is 11.2. The van der Waals surface area contributed by atoms with Crippen LogP contribution in [0.2, 0.25) is 0 Å². The summed E-state index contributed by atoms with van der Waals surface area (Å²) in [7, 11) is 0. The molecule has 7 heteroatoms. The highest BCUT2D eigenvalue weighted by Crippen LogP contribution is 2.60. The van der Waals surface area contributed by atoms with E-state index >= 15 is 0 Å². The topological polar surface area (TPSA) is 46.9 Å². The van der Waals surface area contributed by atoms with E-state index < -0.39 is 11.7 Å². The minimum absolute atomic E-state index is 0.0407. The number of unbranched alkanes of at least 4 members (excludes halogenated alkanes) is 1. The molecule has 4 saturated carbocycles. The summed E-state index contributed by atoms with van der Waals surface area (Å²) in [5.41, 5.74) is -0.992. The minimum atomic E-state index is -4.47. The number of benzene rings is 1. The van der Waals surface area contributed by atoms with E-state index in [4.69, 9.17) is 0 Å². The number of amides is 1. The van der Waals surface area contributed by atoms with Crippen LogP contribution in [0.1, 0.15) is 63.9 Å². The van der Waals surface area contributed by atoms with Crippen LogP contribution >= 0.6 is 0 Å². The molecule has 6 rings (SSSR count). The van der Waals surface area contributed by atoms with Crippen molar-refractivity contribution < 1.29 is 18.0 Å². The molecule has 30 heavy (non-hydrogen) atoms. The first kappa shape index (κ1) is 19.9. The molecular formula is C23H28F3N3O. The van der Waals surface area contributed by atoms with Crippen molar-refractivity contribution in [3.63, 3.8) is 0 Å². The second kappa shape index (κ2) is 6.99. The zero-order chi connectivity index (χ0) is 21.1. The lowest BCUT2D eigenvalue weighted by atomic mass is 9.49. The summed E-state index contributed by atoms with van der Waals surface area (Å²) >= 11 is 0. The Labute approximate surface area is 174 Å². The second-order valence-electron chi connectivity index (χ2n) is 9.78. The molecule has 2 aromatic rings. The van der Waals surface area contributed by atoms with Gasteiger partial charge in [-0.15, -0.1) is 0 Å². The summed E-state index contributed by atoms with van der Waals surface area (Å²) in [5.74, 6) is 2.10. The lowest BCUT2D eigenvalue weighted by Crippen LogP contribution is -2.51. The van der Waals surface area contributed by atoms with Crippen molar-refractivity contribution in [2.75, 3.05) is 5.32 Å². The molecule has 0 spiro atoms. The molecule has 0 atom stereocenters. The summed E-state index contributed by atoms with van der Waals surface area (Å²) in [4.78, 5) is 13.4. The van der Waals surface area contributed by atoms with E-state index in [2.05, 4.69) is 10.4 Å². The predicted molar refractivity (Wildman–Crippen MR) is 109 cm³/mol. The number of nitrogens with zero attached hydrogens (tertiary/aromatic N) is 2. The molecule has 4 aliphatic carbocycles. The Morgan fingerprint density at radius 3 is 2.37 bits per heavy atom. The summed E-state index contributed by atoms with van der Waals surface area (Å²) in [6.45, 7) is 2.39. The normalized spacial score (nSPS) is 30.2. The zero-order valence-electron chi connectivity index (χ0n) is 17.3. The molecule has 0 radical (unpaired) electrons. The van der Waals surface area contributed by atoms with Crippen molar-refractivity contribution in [1.82, 2.24) is 9.78 Å². The van der Waals surface area contributed by atoms with E-state index in [9.17, 15) is 18.0 Å². The van der Waals surface area contributed by atoms with Gasteiger partial charge in [0.2, 0.25) is 5.91 Å². The number of carbonyl (C=O) groups excluding carboxylic acids is 1. The molecule has 4 aliphatic rings. The number of carbonyl (C=O) groups is 1. The summed E-state index contributed by atoms with van der Waals surface area (Å²) in [6.07, 6.45) is 3.54. The Morgan fingerprint density at radius 2 is 1.80 bits per heavy atom. The maximum atomic E-state index is 13.7. The maximum absolute atomic E-state index is 13.7. The van der Waals surface area contributed by atoms with E-state index in [1.165, 1.54) is 30.0 Å². The average Bonchev–Trinajstić information content (AvgIpc) is 3.02. The molecule has 1 heterocycles. The highest BCUT2D eigenvalue weighted by Gasteiger charge is 2.54. The molecular weight excluding hydrogens is 391 g/mol. The quantitative estimate of drug-likeness (QED) is 0.645. The SMILES string of the molecule is CCCCn1nc(NC(=O)C23CC4CC(CC(C4)C2)C3)c2cccc(C(F)(F)F)c21. The van der Waals surface area contributed by atoms with Gasteiger partial charge in [-0.3, -0.25) is 9.48 Å². The van der Waals surface area contributed by atoms with Crippen LogP contribution in [0.25, 0.3) is 10.9 Å². The number of anilines is 1. The van der Waals surface area contributed by atoms with Crippen molar-refractivity contribution >= 4 is 22.6 Å². The molecule has 1 aromatic carbocycles. The standard InChI is InChI=1S/C23H28F3N3O/c1-2-3-7-29-19-17(5-4-6-18(19)23(24,25)26)20(28-29)27-21(30)22-11-14-8-15(12-22)10-16(9-14)13-22/h4-6,14-16H,2-3,7-13H2,1H3,(H,27,28,30). The number of nitrogens with one attached hydrogen (secondary N) is 1. The fourth-order valence-electron chi connectivity index (χ4n) is 6.66. The monoisotopic (exact) mass is 419 g/mol. The van der Waals surface area contributed by atoms with Crippen molar-refractivity contribution in [1.29, 1.82) is 0 Å². The fourth-order valence-corrected chi connectivity index (χ4v) is 6.66. The van der Waals surface area contributed by atoms with E-state index in [0.717, 1.165) is 38.2 Å². The zero-order valence-corrected chi connectivity index (χ0v) is 17.3. The molecule has 4 bridgehead atoms. The number of para-hydroxylation sites is 1. The first-order valence-electron chi connectivity index (χ1n) is 11.2. The van der Waals surface area contributed by atoms with Crippen molar-refractivity contribution in [2.24, 2.45) is 23.2 Å². The highest BCUT2D eigenvalue weighted by molar-refractivity contribution is 6.03. The fraction of sp³-hybridized carbons (Fsp3) is 0.652. The third-order valence-electron chi connectivity index (χ3n) is 7.55. The van der Waals surface area contributed by atoms with Crippen LogP contribution in [0.5, 0.6) is 0 Å². The van der Waals surface area contributed by atoms with Crippen LogP contribution in [-0.2, 0) is 17.5 Å². The average molecular weight is 419 g/mol. The Bertz CT molecular complexity index is 943. The lowest BCUT2D eigenvalue weighted by molar-refractivity contribution is -0.140. The summed E-state index contributed by atoms with van der Waals surface area (Å²) in [6, 6.07) is 4.13. The Kier molecular flexibility index (Phi) is 4.63. The van der Waals surface area contributed by atoms with Crippen LogP contribution in [0.3, 0.4) is 0 Å². The highest BCUT2D eigenvalue weighted by atomic mass is 19.4. The smallest absolute Gasteiger partial charge is 0.308 e. The largest absolute Gasteiger partial charge is 0.418 e. The van der Waals surface area contributed by atoms with Gasteiger partial charge in [0, 0.05) is 11.9 Å². The first-order chi connectivity index (χ1) is 14.3. The van der Waals surface area contributed by atoms with Crippen LogP contribution < -0.4 is 5.32 Å². The number of fused-ring (bicyclic) bond motifs is 1. The van der Waals surface area contributed by atoms with E-state index in [1.807, 2.05) is 6.92 Å². The molecule has 0 unspecified atom stereocenters. The molecule has 1 aromatic heterocycles. The number of alkyl halides is 3. The minimum Gasteiger partial charge on any atom is -0.308 e. The Hall–Kier alpha value is -2.05. The third-order valence-corrected chi connectivity index (χ3v) is 7.55. The van der Waals surface area contributed by atoms with Crippen LogP contribution in [0, 0.1) is 23.2 Å². The van der Waals surface area contributed by atoms with Crippen molar-refractivity contribution in [3.8, 4) is 0 Å². The molecule has 4 nitrogen and oxygen atoms in total. The maximum Gasteiger partial charge on any atom is 0.418 e. The van der Waals surface area contributed by atoms with Gasteiger partial charge in [0.25, 0.3) is 0 Å². The predicted octanol–water partition coefficient (Wildman–Crippen LogP) is 6.01. The van der Waals surface area contributed by atoms with E-state index in [0.29, 0.717) is 29.7 Å². The van der Waals surface area contributed by atoms with Gasteiger partial charge in [0.15, 0.2) is 5.82 Å². The van der Waals surface area contributed by atoms with Gasteiger partial charge in [0.1, 0.15) is 0 Å². The molecule has 1 amide bonds. The number of hydrogen-bond donors (Lipinski definition) is 1. The third kappa shape index (κ3) is 3.21. The molecule has 0 aliphatic heterocycles. The number of rotatable bonds is 5. The van der Waals surface area contributed by atoms with Gasteiger partial charge in [0.05, 0.1) is 16.5 Å².